The molecule has 8 heteroatoms. The summed E-state index contributed by atoms with van der Waals surface area (Å²) in [5.74, 6) is -0.189. The molecule has 1 unspecified atom stereocenters. The van der Waals surface area contributed by atoms with Crippen LogP contribution in [0.4, 0.5) is 0 Å². The van der Waals surface area contributed by atoms with Gasteiger partial charge in [0.2, 0.25) is 10.0 Å². The Morgan fingerprint density at radius 3 is 2.35 bits per heavy atom. The van der Waals surface area contributed by atoms with E-state index in [1.165, 1.54) is 31.2 Å². The number of benzene rings is 2. The number of esters is 1. The van der Waals surface area contributed by atoms with Gasteiger partial charge in [-0.3, -0.25) is 4.79 Å². The molecule has 0 fully saturated rings. The van der Waals surface area contributed by atoms with Gasteiger partial charge >= 0.3 is 5.97 Å². The van der Waals surface area contributed by atoms with E-state index in [2.05, 4.69) is 5.16 Å². The highest BCUT2D eigenvalue weighted by molar-refractivity contribution is 7.89. The summed E-state index contributed by atoms with van der Waals surface area (Å²) < 4.78 is 33.5. The average molecular weight is 372 g/mol. The van der Waals surface area contributed by atoms with Crippen molar-refractivity contribution in [1.29, 1.82) is 0 Å². The summed E-state index contributed by atoms with van der Waals surface area (Å²) in [6.45, 7) is 1.28. The Morgan fingerprint density at radius 1 is 1.12 bits per heavy atom. The first-order valence-corrected chi connectivity index (χ1v) is 9.21. The van der Waals surface area contributed by atoms with Crippen molar-refractivity contribution in [3.8, 4) is 11.3 Å². The highest BCUT2D eigenvalue weighted by atomic mass is 32.2. The molecule has 134 valence electrons. The van der Waals surface area contributed by atoms with Gasteiger partial charge in [0.25, 0.3) is 0 Å². The third-order valence-electron chi connectivity index (χ3n) is 3.65. The van der Waals surface area contributed by atoms with Gasteiger partial charge < -0.3 is 9.26 Å². The van der Waals surface area contributed by atoms with Crippen LogP contribution in [0.25, 0.3) is 11.3 Å². The van der Waals surface area contributed by atoms with Gasteiger partial charge in [-0.1, -0.05) is 47.6 Å². The maximum atomic E-state index is 11.5. The van der Waals surface area contributed by atoms with Crippen molar-refractivity contribution in [2.75, 3.05) is 0 Å². The highest BCUT2D eigenvalue weighted by Crippen LogP contribution is 2.30. The van der Waals surface area contributed by atoms with Crippen LogP contribution in [0, 0.1) is 0 Å². The summed E-state index contributed by atoms with van der Waals surface area (Å²) in [6, 6.07) is 16.8. The normalized spacial score (nSPS) is 12.5. The van der Waals surface area contributed by atoms with E-state index in [-0.39, 0.29) is 4.90 Å². The molecule has 2 aromatic carbocycles. The Labute approximate surface area is 150 Å². The van der Waals surface area contributed by atoms with E-state index in [0.29, 0.717) is 17.0 Å². The van der Waals surface area contributed by atoms with E-state index in [1.54, 1.807) is 6.07 Å². The first kappa shape index (κ1) is 17.8. The number of hydrogen-bond acceptors (Lipinski definition) is 6. The summed E-state index contributed by atoms with van der Waals surface area (Å²) in [5, 5.41) is 9.12. The molecular formula is C18H16N2O5S. The van der Waals surface area contributed by atoms with Gasteiger partial charge in [-0.25, -0.2) is 13.6 Å². The quantitative estimate of drug-likeness (QED) is 0.689. The second-order valence-corrected chi connectivity index (χ2v) is 7.15. The summed E-state index contributed by atoms with van der Waals surface area (Å²) in [4.78, 5) is 11.5. The molecule has 7 nitrogen and oxygen atoms in total. The Hall–Kier alpha value is -2.97. The molecule has 3 aromatic rings. The van der Waals surface area contributed by atoms with Crippen LogP contribution in [0.5, 0.6) is 0 Å². The average Bonchev–Trinajstić information content (AvgIpc) is 3.09. The molecule has 0 aliphatic rings. The van der Waals surface area contributed by atoms with Crippen molar-refractivity contribution in [3.63, 3.8) is 0 Å². The van der Waals surface area contributed by atoms with E-state index in [4.69, 9.17) is 14.4 Å². The molecule has 0 aliphatic heterocycles. The Kier molecular flexibility index (Phi) is 4.88. The van der Waals surface area contributed by atoms with Crippen LogP contribution in [0.3, 0.4) is 0 Å². The lowest BCUT2D eigenvalue weighted by atomic mass is 10.1. The lowest BCUT2D eigenvalue weighted by Gasteiger charge is -2.14. The molecule has 0 radical (unpaired) electrons. The van der Waals surface area contributed by atoms with Crippen molar-refractivity contribution < 1.29 is 22.5 Å². The van der Waals surface area contributed by atoms with Gasteiger partial charge in [0.1, 0.15) is 5.69 Å². The molecule has 0 aliphatic carbocycles. The van der Waals surface area contributed by atoms with Crippen LogP contribution in [0.1, 0.15) is 24.4 Å². The van der Waals surface area contributed by atoms with Crippen molar-refractivity contribution >= 4 is 16.0 Å². The minimum Gasteiger partial charge on any atom is -0.449 e. The zero-order chi connectivity index (χ0) is 18.7. The second-order valence-electron chi connectivity index (χ2n) is 5.58. The van der Waals surface area contributed by atoms with Gasteiger partial charge in [0, 0.05) is 24.1 Å². The molecule has 1 aromatic heterocycles. The topological polar surface area (TPSA) is 112 Å². The maximum Gasteiger partial charge on any atom is 0.303 e. The van der Waals surface area contributed by atoms with Crippen molar-refractivity contribution in [1.82, 2.24) is 5.16 Å². The van der Waals surface area contributed by atoms with E-state index < -0.39 is 22.1 Å². The number of aromatic nitrogens is 1. The monoisotopic (exact) mass is 372 g/mol. The first-order chi connectivity index (χ1) is 12.3. The molecule has 0 bridgehead atoms. The zero-order valence-electron chi connectivity index (χ0n) is 13.8. The fraction of sp³-hybridized carbons (Fsp3) is 0.111. The highest BCUT2D eigenvalue weighted by Gasteiger charge is 2.23. The van der Waals surface area contributed by atoms with Crippen LogP contribution < -0.4 is 5.14 Å². The maximum absolute atomic E-state index is 11.5. The second kappa shape index (κ2) is 7.11. The van der Waals surface area contributed by atoms with Gasteiger partial charge in [-0.2, -0.15) is 0 Å². The molecule has 2 N–H and O–H groups in total. The van der Waals surface area contributed by atoms with Crippen LogP contribution in [-0.4, -0.2) is 19.5 Å². The minimum absolute atomic E-state index is 0.0367. The Morgan fingerprint density at radius 2 is 1.77 bits per heavy atom. The van der Waals surface area contributed by atoms with E-state index in [1.807, 2.05) is 30.3 Å². The zero-order valence-corrected chi connectivity index (χ0v) is 14.6. The van der Waals surface area contributed by atoms with Crippen molar-refractivity contribution in [3.05, 3.63) is 72.0 Å². The fourth-order valence-corrected chi connectivity index (χ4v) is 2.96. The predicted octanol–water partition coefficient (Wildman–Crippen LogP) is 2.64. The summed E-state index contributed by atoms with van der Waals surface area (Å²) in [6.07, 6.45) is -0.855. The number of hydrogen-bond donors (Lipinski definition) is 1. The summed E-state index contributed by atoms with van der Waals surface area (Å²) in [5.41, 5.74) is 1.98. The third-order valence-corrected chi connectivity index (χ3v) is 4.58. The van der Waals surface area contributed by atoms with E-state index >= 15 is 0 Å². The smallest absolute Gasteiger partial charge is 0.303 e. The number of nitrogens with zero attached hydrogens (tertiary/aromatic N) is 1. The number of carbonyl (C=O) groups is 1. The SMILES string of the molecule is CC(=O)OC(c1ccc(S(N)(=O)=O)cc1)c1cc(-c2ccccc2)no1. The number of ether oxygens (including phenoxy) is 1. The van der Waals surface area contributed by atoms with Crippen LogP contribution in [0.15, 0.2) is 70.1 Å². The number of nitrogens with two attached hydrogens (primary N) is 1. The number of rotatable bonds is 5. The fourth-order valence-electron chi connectivity index (χ4n) is 2.45. The van der Waals surface area contributed by atoms with Crippen LogP contribution in [-0.2, 0) is 19.6 Å². The van der Waals surface area contributed by atoms with Gasteiger partial charge in [0.05, 0.1) is 4.90 Å². The standard InChI is InChI=1S/C18H16N2O5S/c1-12(21)24-18(14-7-9-15(10-8-14)26(19,22)23)17-11-16(20-25-17)13-5-3-2-4-6-13/h2-11,18H,1H3,(H2,19,22,23). The molecule has 0 amide bonds. The lowest BCUT2D eigenvalue weighted by molar-refractivity contribution is -0.145. The number of primary sulfonamides is 1. The lowest BCUT2D eigenvalue weighted by Crippen LogP contribution is -2.13. The molecule has 1 atom stereocenters. The van der Waals surface area contributed by atoms with Crippen molar-refractivity contribution in [2.24, 2.45) is 5.14 Å². The molecule has 0 spiro atoms. The molecule has 0 saturated carbocycles. The molecule has 3 rings (SSSR count). The summed E-state index contributed by atoms with van der Waals surface area (Å²) in [7, 11) is -3.81. The molecule has 0 saturated heterocycles. The van der Waals surface area contributed by atoms with Crippen LogP contribution >= 0.6 is 0 Å². The first-order valence-electron chi connectivity index (χ1n) is 7.66. The Bertz CT molecular complexity index is 1010. The number of carbonyl (C=O) groups excluding carboxylic acids is 1. The predicted molar refractivity (Wildman–Crippen MR) is 93.4 cm³/mol. The third kappa shape index (κ3) is 3.98. The largest absolute Gasteiger partial charge is 0.449 e. The van der Waals surface area contributed by atoms with Crippen molar-refractivity contribution in [2.45, 2.75) is 17.9 Å². The summed E-state index contributed by atoms with van der Waals surface area (Å²) >= 11 is 0. The Balaban J connectivity index is 1.97. The van der Waals surface area contributed by atoms with Gasteiger partial charge in [-0.05, 0) is 12.1 Å². The van der Waals surface area contributed by atoms with E-state index in [9.17, 15) is 13.2 Å². The van der Waals surface area contributed by atoms with Gasteiger partial charge in [0.15, 0.2) is 11.9 Å². The molecular weight excluding hydrogens is 356 g/mol. The van der Waals surface area contributed by atoms with Gasteiger partial charge in [-0.15, -0.1) is 0 Å². The number of sulfonamides is 1. The minimum atomic E-state index is -3.81. The molecule has 1 heterocycles. The van der Waals surface area contributed by atoms with E-state index in [0.717, 1.165) is 5.56 Å². The van der Waals surface area contributed by atoms with Crippen LogP contribution in [0.2, 0.25) is 0 Å². The molecule has 26 heavy (non-hydrogen) atoms.